The van der Waals surface area contributed by atoms with E-state index in [0.717, 1.165) is 49.4 Å². The highest BCUT2D eigenvalue weighted by Crippen LogP contribution is 2.29. The van der Waals surface area contributed by atoms with Gasteiger partial charge < -0.3 is 9.47 Å². The molecule has 0 N–H and O–H groups in total. The maximum atomic E-state index is 13.0. The third-order valence-corrected chi connectivity index (χ3v) is 5.57. The Labute approximate surface area is 165 Å². The van der Waals surface area contributed by atoms with Crippen molar-refractivity contribution in [2.24, 2.45) is 14.1 Å². The number of benzene rings is 1. The second-order valence-electron chi connectivity index (χ2n) is 7.39. The topological polar surface area (TPSA) is 52.2 Å². The van der Waals surface area contributed by atoms with Gasteiger partial charge in [-0.1, -0.05) is 37.6 Å². The molecule has 3 rings (SSSR count). The monoisotopic (exact) mass is 382 g/mol. The predicted molar refractivity (Wildman–Crippen MR) is 115 cm³/mol. The molecule has 0 aliphatic rings. The summed E-state index contributed by atoms with van der Waals surface area (Å²) in [7, 11) is 3.27. The molecule has 6 heteroatoms. The summed E-state index contributed by atoms with van der Waals surface area (Å²) in [4.78, 5) is 27.8. The quantitative estimate of drug-likeness (QED) is 0.631. The molecular formula is C22H30N4O2. The fraction of sp³-hybridized carbons (Fsp3) is 0.455. The molecule has 0 radical (unpaired) electrons. The van der Waals surface area contributed by atoms with Gasteiger partial charge in [-0.25, -0.2) is 4.79 Å². The zero-order valence-corrected chi connectivity index (χ0v) is 17.5. The van der Waals surface area contributed by atoms with Gasteiger partial charge in [0.15, 0.2) is 0 Å². The van der Waals surface area contributed by atoms with Crippen molar-refractivity contribution in [3.63, 3.8) is 0 Å². The minimum Gasteiger partial charge on any atom is -0.345 e. The summed E-state index contributed by atoms with van der Waals surface area (Å²) < 4.78 is 4.91. The molecule has 28 heavy (non-hydrogen) atoms. The number of aromatic nitrogens is 3. The minimum atomic E-state index is -0.298. The molecule has 2 heterocycles. The van der Waals surface area contributed by atoms with E-state index in [9.17, 15) is 9.59 Å². The molecule has 150 valence electrons. The van der Waals surface area contributed by atoms with Gasteiger partial charge in [-0.05, 0) is 44.6 Å². The van der Waals surface area contributed by atoms with Crippen LogP contribution in [0.15, 0.2) is 40.1 Å². The van der Waals surface area contributed by atoms with Gasteiger partial charge in [0.25, 0.3) is 5.56 Å². The lowest BCUT2D eigenvalue weighted by atomic mass is 10.1. The van der Waals surface area contributed by atoms with Crippen LogP contribution in [-0.4, -0.2) is 38.2 Å². The van der Waals surface area contributed by atoms with Crippen LogP contribution in [0.25, 0.3) is 22.2 Å². The van der Waals surface area contributed by atoms with E-state index in [1.54, 1.807) is 18.7 Å². The molecular weight excluding hydrogens is 352 g/mol. The van der Waals surface area contributed by atoms with Crippen molar-refractivity contribution in [2.75, 3.05) is 19.6 Å². The largest absolute Gasteiger partial charge is 0.345 e. The van der Waals surface area contributed by atoms with Crippen molar-refractivity contribution < 1.29 is 0 Å². The van der Waals surface area contributed by atoms with Crippen LogP contribution in [0, 0.1) is 6.92 Å². The highest BCUT2D eigenvalue weighted by molar-refractivity contribution is 5.93. The lowest BCUT2D eigenvalue weighted by Crippen LogP contribution is -2.36. The number of hydrogen-bond acceptors (Lipinski definition) is 3. The van der Waals surface area contributed by atoms with Crippen LogP contribution in [0.4, 0.5) is 0 Å². The number of rotatable bonds is 7. The maximum absolute atomic E-state index is 13.0. The highest BCUT2D eigenvalue weighted by Gasteiger charge is 2.19. The van der Waals surface area contributed by atoms with Crippen LogP contribution in [0.3, 0.4) is 0 Å². The zero-order valence-electron chi connectivity index (χ0n) is 17.5. The van der Waals surface area contributed by atoms with Crippen molar-refractivity contribution in [1.82, 2.24) is 18.6 Å². The van der Waals surface area contributed by atoms with Gasteiger partial charge in [-0.3, -0.25) is 13.9 Å². The second-order valence-corrected chi connectivity index (χ2v) is 7.39. The van der Waals surface area contributed by atoms with Gasteiger partial charge >= 0.3 is 5.69 Å². The molecule has 0 aliphatic carbocycles. The summed E-state index contributed by atoms with van der Waals surface area (Å²) in [6.07, 6.45) is 2.94. The van der Waals surface area contributed by atoms with Crippen LogP contribution in [-0.2, 0) is 20.6 Å². The van der Waals surface area contributed by atoms with Gasteiger partial charge in [0.2, 0.25) is 0 Å². The Hall–Kier alpha value is -2.60. The molecule has 0 saturated heterocycles. The van der Waals surface area contributed by atoms with Gasteiger partial charge in [-0.15, -0.1) is 0 Å². The summed E-state index contributed by atoms with van der Waals surface area (Å²) in [5.41, 5.74) is 3.20. The van der Waals surface area contributed by atoms with Crippen molar-refractivity contribution >= 4 is 10.9 Å². The molecule has 6 nitrogen and oxygen atoms in total. The van der Waals surface area contributed by atoms with E-state index in [-0.39, 0.29) is 11.2 Å². The molecule has 3 aromatic rings. The first-order chi connectivity index (χ1) is 13.4. The smallest absolute Gasteiger partial charge is 0.330 e. The summed E-state index contributed by atoms with van der Waals surface area (Å²) in [6.45, 7) is 10.3. The molecule has 0 fully saturated rings. The molecule has 0 spiro atoms. The standard InChI is InChI=1S/C22H30N4O2/c1-6-25(7-2)12-9-13-26-15-18-19(21(27)24(5)22(28)23(18)4)20(26)17-11-8-10-16(3)14-17/h8,10-11,14-15H,6-7,9,12-13H2,1-5H3. The van der Waals surface area contributed by atoms with E-state index in [2.05, 4.69) is 29.4 Å². The maximum Gasteiger partial charge on any atom is 0.330 e. The van der Waals surface area contributed by atoms with E-state index in [1.807, 2.05) is 31.3 Å². The van der Waals surface area contributed by atoms with E-state index >= 15 is 0 Å². The number of hydrogen-bond donors (Lipinski definition) is 0. The lowest BCUT2D eigenvalue weighted by molar-refractivity contribution is 0.293. The Morgan fingerprint density at radius 3 is 2.39 bits per heavy atom. The van der Waals surface area contributed by atoms with Crippen LogP contribution in [0.1, 0.15) is 25.8 Å². The third-order valence-electron chi connectivity index (χ3n) is 5.57. The highest BCUT2D eigenvalue weighted by atomic mass is 16.2. The number of fused-ring (bicyclic) bond motifs is 1. The predicted octanol–water partition coefficient (Wildman–Crippen LogP) is 2.75. The second kappa shape index (κ2) is 8.19. The molecule has 0 bridgehead atoms. The average molecular weight is 383 g/mol. The first-order valence-electron chi connectivity index (χ1n) is 9.97. The Morgan fingerprint density at radius 2 is 1.75 bits per heavy atom. The summed E-state index contributed by atoms with van der Waals surface area (Å²) in [5, 5.41) is 0.609. The van der Waals surface area contributed by atoms with Gasteiger partial charge in [0.1, 0.15) is 0 Å². The minimum absolute atomic E-state index is 0.239. The van der Waals surface area contributed by atoms with E-state index in [1.165, 1.54) is 4.57 Å². The first kappa shape index (κ1) is 20.1. The average Bonchev–Trinajstić information content (AvgIpc) is 3.07. The fourth-order valence-corrected chi connectivity index (χ4v) is 3.87. The molecule has 0 aliphatic heterocycles. The van der Waals surface area contributed by atoms with Crippen molar-refractivity contribution in [2.45, 2.75) is 33.7 Å². The molecule has 0 atom stereocenters. The van der Waals surface area contributed by atoms with Crippen LogP contribution < -0.4 is 11.2 Å². The van der Waals surface area contributed by atoms with E-state index in [4.69, 9.17) is 0 Å². The van der Waals surface area contributed by atoms with Crippen molar-refractivity contribution in [3.8, 4) is 11.3 Å². The van der Waals surface area contributed by atoms with Crippen LogP contribution in [0.5, 0.6) is 0 Å². The first-order valence-corrected chi connectivity index (χ1v) is 9.97. The number of nitrogens with zero attached hydrogens (tertiary/aromatic N) is 4. The van der Waals surface area contributed by atoms with Gasteiger partial charge in [0.05, 0.1) is 16.6 Å². The van der Waals surface area contributed by atoms with E-state index in [0.29, 0.717) is 10.9 Å². The molecule has 0 unspecified atom stereocenters. The SMILES string of the molecule is CCN(CC)CCCn1cc2c(c1-c1cccc(C)c1)c(=O)n(C)c(=O)n2C. The fourth-order valence-electron chi connectivity index (χ4n) is 3.87. The normalized spacial score (nSPS) is 11.6. The third kappa shape index (κ3) is 3.56. The van der Waals surface area contributed by atoms with E-state index < -0.39 is 0 Å². The lowest BCUT2D eigenvalue weighted by Gasteiger charge is -2.18. The number of aryl methyl sites for hydroxylation is 3. The molecule has 0 saturated carbocycles. The molecule has 2 aromatic heterocycles. The molecule has 1 aromatic carbocycles. The van der Waals surface area contributed by atoms with Crippen molar-refractivity contribution in [1.29, 1.82) is 0 Å². The summed E-state index contributed by atoms with van der Waals surface area (Å²) in [5.74, 6) is 0. The zero-order chi connectivity index (χ0) is 20.4. The molecule has 0 amide bonds. The van der Waals surface area contributed by atoms with Gasteiger partial charge in [-0.2, -0.15) is 0 Å². The Morgan fingerprint density at radius 1 is 1.04 bits per heavy atom. The Kier molecular flexibility index (Phi) is 5.89. The Balaban J connectivity index is 2.18. The van der Waals surface area contributed by atoms with Gasteiger partial charge in [0, 0.05) is 26.8 Å². The summed E-state index contributed by atoms with van der Waals surface area (Å²) >= 11 is 0. The Bertz CT molecular complexity index is 1100. The summed E-state index contributed by atoms with van der Waals surface area (Å²) in [6, 6.07) is 8.19. The van der Waals surface area contributed by atoms with Crippen molar-refractivity contribution in [3.05, 3.63) is 56.9 Å². The van der Waals surface area contributed by atoms with Crippen LogP contribution >= 0.6 is 0 Å². The van der Waals surface area contributed by atoms with Crippen LogP contribution in [0.2, 0.25) is 0 Å².